The van der Waals surface area contributed by atoms with Crippen molar-refractivity contribution >= 4 is 6.09 Å². The lowest BCUT2D eigenvalue weighted by Crippen LogP contribution is -2.54. The van der Waals surface area contributed by atoms with Gasteiger partial charge in [0, 0.05) is 11.5 Å². The first-order valence-corrected chi connectivity index (χ1v) is 12.6. The number of azide groups is 1. The second kappa shape index (κ2) is 14.2. The Morgan fingerprint density at radius 1 is 0.947 bits per heavy atom. The lowest BCUT2D eigenvalue weighted by Gasteiger charge is -2.40. The Kier molecular flexibility index (Phi) is 10.1. The monoisotopic (exact) mass is 516 g/mol. The Morgan fingerprint density at radius 2 is 1.53 bits per heavy atom. The van der Waals surface area contributed by atoms with Crippen LogP contribution >= 0.6 is 0 Å². The Morgan fingerprint density at radius 3 is 2.11 bits per heavy atom. The molecule has 1 fully saturated rings. The summed E-state index contributed by atoms with van der Waals surface area (Å²) in [6, 6.07) is 27.6. The Labute approximate surface area is 222 Å². The normalized spacial score (nSPS) is 19.7. The van der Waals surface area contributed by atoms with Crippen molar-refractivity contribution in [2.24, 2.45) is 5.11 Å². The number of ether oxygens (including phenoxy) is 3. The quantitative estimate of drug-likeness (QED) is 0.203. The van der Waals surface area contributed by atoms with Crippen molar-refractivity contribution in [1.82, 2.24) is 4.90 Å². The molecule has 38 heavy (non-hydrogen) atoms. The van der Waals surface area contributed by atoms with Crippen LogP contribution in [0.1, 0.15) is 29.5 Å². The van der Waals surface area contributed by atoms with E-state index in [0.717, 1.165) is 16.7 Å². The Hall–Kier alpha value is -3.88. The standard InChI is InChI=1S/C29H32N4O5/c30-32-31-25-16-17-27(38-28(25)34)26(21-36-19-23-12-6-2-7-13-23)33(18-22-10-4-1-5-11-22)29(35)37-20-24-14-8-3-9-15-24/h1-15,25-28,34H,16-21H2/t25?,26-,27-,28?/m0/s1. The average molecular weight is 517 g/mol. The topological polar surface area (TPSA) is 117 Å². The minimum absolute atomic E-state index is 0.121. The highest BCUT2D eigenvalue weighted by Crippen LogP contribution is 2.27. The molecule has 1 saturated heterocycles. The van der Waals surface area contributed by atoms with Gasteiger partial charge in [0.05, 0.1) is 31.4 Å². The van der Waals surface area contributed by atoms with E-state index in [-0.39, 0.29) is 19.8 Å². The maximum Gasteiger partial charge on any atom is 0.410 e. The van der Waals surface area contributed by atoms with E-state index in [1.165, 1.54) is 0 Å². The third kappa shape index (κ3) is 7.81. The number of carbonyl (C=O) groups is 1. The van der Waals surface area contributed by atoms with Crippen molar-refractivity contribution in [3.8, 4) is 0 Å². The van der Waals surface area contributed by atoms with Crippen LogP contribution in [-0.2, 0) is 34.0 Å². The van der Waals surface area contributed by atoms with Crippen molar-refractivity contribution in [2.75, 3.05) is 6.61 Å². The molecule has 0 radical (unpaired) electrons. The van der Waals surface area contributed by atoms with Crippen LogP contribution in [0.4, 0.5) is 4.79 Å². The lowest BCUT2D eigenvalue weighted by atomic mass is 9.97. The van der Waals surface area contributed by atoms with E-state index in [1.54, 1.807) is 4.90 Å². The van der Waals surface area contributed by atoms with Gasteiger partial charge in [0.15, 0.2) is 6.29 Å². The maximum atomic E-state index is 13.6. The fraction of sp³-hybridized carbons (Fsp3) is 0.345. The molecule has 2 unspecified atom stereocenters. The van der Waals surface area contributed by atoms with E-state index >= 15 is 0 Å². The van der Waals surface area contributed by atoms with Gasteiger partial charge in [0.1, 0.15) is 6.61 Å². The number of hydrogen-bond acceptors (Lipinski definition) is 6. The van der Waals surface area contributed by atoms with Gasteiger partial charge in [-0.25, -0.2) is 4.79 Å². The van der Waals surface area contributed by atoms with E-state index in [0.29, 0.717) is 19.4 Å². The van der Waals surface area contributed by atoms with Gasteiger partial charge in [-0.15, -0.1) is 0 Å². The summed E-state index contributed by atoms with van der Waals surface area (Å²) in [6.07, 6.45) is -1.46. The number of aliphatic hydroxyl groups excluding tert-OH is 1. The second-order valence-electron chi connectivity index (χ2n) is 9.14. The molecular weight excluding hydrogens is 484 g/mol. The molecule has 3 aromatic carbocycles. The van der Waals surface area contributed by atoms with Crippen LogP contribution in [0.25, 0.3) is 10.4 Å². The molecule has 4 atom stereocenters. The minimum atomic E-state index is -1.28. The van der Waals surface area contributed by atoms with Crippen LogP contribution in [0.3, 0.4) is 0 Å². The van der Waals surface area contributed by atoms with Crippen LogP contribution in [0, 0.1) is 0 Å². The highest BCUT2D eigenvalue weighted by Gasteiger charge is 2.39. The summed E-state index contributed by atoms with van der Waals surface area (Å²) >= 11 is 0. The van der Waals surface area contributed by atoms with E-state index in [1.807, 2.05) is 91.0 Å². The number of carbonyl (C=O) groups excluding carboxylic acids is 1. The molecule has 4 rings (SSSR count). The van der Waals surface area contributed by atoms with Gasteiger partial charge in [-0.3, -0.25) is 4.90 Å². The minimum Gasteiger partial charge on any atom is -0.445 e. The molecule has 9 nitrogen and oxygen atoms in total. The molecule has 0 saturated carbocycles. The largest absolute Gasteiger partial charge is 0.445 e. The van der Waals surface area contributed by atoms with E-state index in [2.05, 4.69) is 10.0 Å². The molecule has 1 aliphatic rings. The van der Waals surface area contributed by atoms with Crippen molar-refractivity contribution in [3.05, 3.63) is 118 Å². The predicted molar refractivity (Wildman–Crippen MR) is 142 cm³/mol. The van der Waals surface area contributed by atoms with Crippen LogP contribution in [-0.4, -0.2) is 47.2 Å². The summed E-state index contributed by atoms with van der Waals surface area (Å²) in [4.78, 5) is 18.0. The summed E-state index contributed by atoms with van der Waals surface area (Å²) in [5, 5.41) is 14.2. The molecule has 0 spiro atoms. The summed E-state index contributed by atoms with van der Waals surface area (Å²) in [5.41, 5.74) is 11.6. The molecule has 0 aliphatic carbocycles. The first-order valence-electron chi connectivity index (χ1n) is 12.6. The zero-order chi connectivity index (χ0) is 26.6. The van der Waals surface area contributed by atoms with Crippen LogP contribution in [0.2, 0.25) is 0 Å². The summed E-state index contributed by atoms with van der Waals surface area (Å²) in [7, 11) is 0. The molecular formula is C29H32N4O5. The van der Waals surface area contributed by atoms with Crippen molar-refractivity contribution in [3.63, 3.8) is 0 Å². The number of aliphatic hydroxyl groups is 1. The molecule has 1 heterocycles. The molecule has 0 aromatic heterocycles. The summed E-state index contributed by atoms with van der Waals surface area (Å²) in [5.74, 6) is 0. The van der Waals surface area contributed by atoms with Crippen molar-refractivity contribution < 1.29 is 24.1 Å². The van der Waals surface area contributed by atoms with Crippen LogP contribution in [0.5, 0.6) is 0 Å². The SMILES string of the molecule is [N-]=[N+]=NC1CC[C@@H]([C@H](COCc2ccccc2)N(Cc2ccccc2)C(=O)OCc2ccccc2)OC1O. The van der Waals surface area contributed by atoms with Gasteiger partial charge < -0.3 is 19.3 Å². The van der Waals surface area contributed by atoms with Crippen LogP contribution < -0.4 is 0 Å². The number of rotatable bonds is 11. The summed E-state index contributed by atoms with van der Waals surface area (Å²) in [6.45, 7) is 0.900. The third-order valence-electron chi connectivity index (χ3n) is 6.46. The van der Waals surface area contributed by atoms with Gasteiger partial charge in [-0.2, -0.15) is 0 Å². The summed E-state index contributed by atoms with van der Waals surface area (Å²) < 4.78 is 17.7. The zero-order valence-corrected chi connectivity index (χ0v) is 21.1. The molecule has 1 N–H and O–H groups in total. The molecule has 1 amide bonds. The first kappa shape index (κ1) is 27.2. The Bertz CT molecular complexity index is 1180. The van der Waals surface area contributed by atoms with Crippen molar-refractivity contribution in [1.29, 1.82) is 0 Å². The number of amides is 1. The van der Waals surface area contributed by atoms with Crippen molar-refractivity contribution in [2.45, 2.75) is 57.1 Å². The van der Waals surface area contributed by atoms with E-state index in [9.17, 15) is 9.90 Å². The fourth-order valence-corrected chi connectivity index (χ4v) is 4.45. The number of benzene rings is 3. The van der Waals surface area contributed by atoms with Gasteiger partial charge in [0.25, 0.3) is 0 Å². The molecule has 1 aliphatic heterocycles. The molecule has 198 valence electrons. The highest BCUT2D eigenvalue weighted by molar-refractivity contribution is 5.68. The molecule has 9 heteroatoms. The maximum absolute atomic E-state index is 13.6. The molecule has 0 bridgehead atoms. The van der Waals surface area contributed by atoms with Gasteiger partial charge >= 0.3 is 6.09 Å². The lowest BCUT2D eigenvalue weighted by molar-refractivity contribution is -0.193. The zero-order valence-electron chi connectivity index (χ0n) is 21.1. The second-order valence-corrected chi connectivity index (χ2v) is 9.14. The van der Waals surface area contributed by atoms with Gasteiger partial charge in [-0.05, 0) is 35.1 Å². The van der Waals surface area contributed by atoms with E-state index in [4.69, 9.17) is 19.7 Å². The highest BCUT2D eigenvalue weighted by atomic mass is 16.6. The first-order chi connectivity index (χ1) is 18.6. The van der Waals surface area contributed by atoms with Gasteiger partial charge in [-0.1, -0.05) is 96.1 Å². The van der Waals surface area contributed by atoms with E-state index < -0.39 is 30.6 Å². The molecule has 3 aromatic rings. The average Bonchev–Trinajstić information content (AvgIpc) is 2.96. The van der Waals surface area contributed by atoms with Crippen LogP contribution in [0.15, 0.2) is 96.1 Å². The smallest absolute Gasteiger partial charge is 0.410 e. The Balaban J connectivity index is 1.56. The number of nitrogens with zero attached hydrogens (tertiary/aromatic N) is 4. The fourth-order valence-electron chi connectivity index (χ4n) is 4.45. The number of hydrogen-bond donors (Lipinski definition) is 1. The third-order valence-corrected chi connectivity index (χ3v) is 6.46. The van der Waals surface area contributed by atoms with Gasteiger partial charge in [0.2, 0.25) is 0 Å². The predicted octanol–water partition coefficient (Wildman–Crippen LogP) is 5.59.